The number of nitrogens with two attached hydrogens (primary N) is 1. The lowest BCUT2D eigenvalue weighted by molar-refractivity contribution is -0.117. The molecule has 1 aromatic carbocycles. The average Bonchev–Trinajstić information content (AvgIpc) is 2.96. The van der Waals surface area contributed by atoms with Gasteiger partial charge in [-0.1, -0.05) is 23.8 Å². The minimum atomic E-state index is -0.584. The molecule has 1 aromatic heterocycles. The number of carbonyl (C=O) groups is 1. The van der Waals surface area contributed by atoms with E-state index in [1.54, 1.807) is 10.6 Å². The van der Waals surface area contributed by atoms with Crippen molar-refractivity contribution in [2.24, 2.45) is 10.7 Å². The highest BCUT2D eigenvalue weighted by atomic mass is 16.5. The number of aliphatic hydroxyl groups excluding tert-OH is 1. The second-order valence-corrected chi connectivity index (χ2v) is 9.80. The molecule has 11 nitrogen and oxygen atoms in total. The topological polar surface area (TPSA) is 157 Å². The fourth-order valence-corrected chi connectivity index (χ4v) is 5.03. The van der Waals surface area contributed by atoms with E-state index in [0.717, 1.165) is 46.0 Å². The molecule has 0 atom stereocenters. The van der Waals surface area contributed by atoms with Crippen molar-refractivity contribution >= 4 is 23.4 Å². The van der Waals surface area contributed by atoms with Gasteiger partial charge in [-0.15, -0.1) is 0 Å². The largest absolute Gasteiger partial charge is 0.512 e. The number of allylic oxidation sites excluding steroid dienone is 4. The first-order valence-electron chi connectivity index (χ1n) is 13.7. The maximum Gasteiger partial charge on any atom is 0.330 e. The number of aryl methyl sites for hydroxylation is 3. The molecule has 0 saturated carbocycles. The van der Waals surface area contributed by atoms with Crippen LogP contribution in [-0.2, 0) is 27.4 Å². The van der Waals surface area contributed by atoms with E-state index in [0.29, 0.717) is 36.5 Å². The molecule has 0 saturated heterocycles. The Bertz CT molecular complexity index is 1600. The number of aliphatic hydroxyl groups is 1. The number of nitrogens with zero attached hydrogens (tertiary/aromatic N) is 3. The quantitative estimate of drug-likeness (QED) is 0.192. The van der Waals surface area contributed by atoms with Gasteiger partial charge in [0.05, 0.1) is 25.1 Å². The first-order chi connectivity index (χ1) is 20.1. The molecule has 42 heavy (non-hydrogen) atoms. The van der Waals surface area contributed by atoms with E-state index >= 15 is 0 Å². The second-order valence-electron chi connectivity index (χ2n) is 9.80. The van der Waals surface area contributed by atoms with Crippen molar-refractivity contribution in [3.8, 4) is 0 Å². The van der Waals surface area contributed by atoms with E-state index < -0.39 is 5.91 Å². The van der Waals surface area contributed by atoms with E-state index in [1.807, 2.05) is 58.9 Å². The lowest BCUT2D eigenvalue weighted by Gasteiger charge is -2.25. The molecule has 0 spiro atoms. The Kier molecular flexibility index (Phi) is 10.7. The number of methoxy groups -OCH3 is 1. The zero-order chi connectivity index (χ0) is 31.0. The molecule has 0 unspecified atom stereocenters. The number of ether oxygens (including phenoxy) is 2. The summed E-state index contributed by atoms with van der Waals surface area (Å²) in [6.45, 7) is 10.7. The molecule has 5 N–H and O–H groups in total. The van der Waals surface area contributed by atoms with E-state index in [1.165, 1.54) is 11.7 Å². The number of benzene rings is 1. The molecule has 0 fully saturated rings. The van der Waals surface area contributed by atoms with Crippen molar-refractivity contribution in [2.45, 2.75) is 54.1 Å². The van der Waals surface area contributed by atoms with Gasteiger partial charge in [0.25, 0.3) is 5.91 Å². The highest BCUT2D eigenvalue weighted by molar-refractivity contribution is 6.11. The van der Waals surface area contributed by atoms with Crippen LogP contribution in [0, 0.1) is 26.2 Å². The lowest BCUT2D eigenvalue weighted by Crippen LogP contribution is -2.45. The number of aromatic nitrogens is 2. The smallest absolute Gasteiger partial charge is 0.330 e. The van der Waals surface area contributed by atoms with Gasteiger partial charge in [-0.05, 0) is 69.4 Å². The molecular weight excluding hydrogens is 536 g/mol. The van der Waals surface area contributed by atoms with Gasteiger partial charge in [0.1, 0.15) is 17.3 Å². The summed E-state index contributed by atoms with van der Waals surface area (Å²) in [6.07, 6.45) is 6.02. The summed E-state index contributed by atoms with van der Waals surface area (Å²) < 4.78 is 13.6. The van der Waals surface area contributed by atoms with Crippen molar-refractivity contribution in [1.82, 2.24) is 14.5 Å². The summed E-state index contributed by atoms with van der Waals surface area (Å²) >= 11 is 0. The van der Waals surface area contributed by atoms with Crippen LogP contribution in [0.5, 0.6) is 0 Å². The molecular formula is C31H40N6O5. The standard InChI is InChI=1S/C31H40N6O5/c1-7-24-22(15-23(18-38)42-8-2)9-11-36-26(24)16-27(35-28-20(4)13-19(3)14-21(28)5)37(31(36)40)12-10-34-30(39)25(17-32)29(33)41-6/h7,13-18,32,38H,8-12,33H2,1-6H3,(H,34,39)/b22-15-,23-18-,24-7?,29-25?,32-17?,35-27?. The van der Waals surface area contributed by atoms with Gasteiger partial charge in [0, 0.05) is 31.9 Å². The van der Waals surface area contributed by atoms with Gasteiger partial charge in [-0.2, -0.15) is 0 Å². The predicted molar refractivity (Wildman–Crippen MR) is 163 cm³/mol. The lowest BCUT2D eigenvalue weighted by atomic mass is 9.94. The number of nitrogens with one attached hydrogen (secondary N) is 2. The Labute approximate surface area is 245 Å². The van der Waals surface area contributed by atoms with Crippen LogP contribution < -0.4 is 22.2 Å². The summed E-state index contributed by atoms with van der Waals surface area (Å²) in [7, 11) is 1.32. The number of hydrogen-bond acceptors (Lipinski definition) is 8. The summed E-state index contributed by atoms with van der Waals surface area (Å²) in [5.41, 5.74) is 12.0. The van der Waals surface area contributed by atoms with E-state index in [9.17, 15) is 14.7 Å². The summed E-state index contributed by atoms with van der Waals surface area (Å²) in [4.78, 5) is 31.5. The van der Waals surface area contributed by atoms with E-state index in [4.69, 9.17) is 25.6 Å². The van der Waals surface area contributed by atoms with Crippen LogP contribution in [0.2, 0.25) is 0 Å². The molecule has 3 rings (SSSR count). The van der Waals surface area contributed by atoms with Crippen molar-refractivity contribution < 1.29 is 19.4 Å². The SMILES string of the molecule is CC=C1/C(=C\C(=C\O)OCC)CCn2c1cc(=Nc1c(C)cc(C)cc1C)n(CCNC(=O)C(C=N)=C(N)OC)c2=O. The molecule has 0 aliphatic carbocycles. The van der Waals surface area contributed by atoms with E-state index in [-0.39, 0.29) is 30.2 Å². The molecule has 1 aliphatic rings. The van der Waals surface area contributed by atoms with Crippen molar-refractivity contribution in [3.05, 3.63) is 97.8 Å². The van der Waals surface area contributed by atoms with Crippen molar-refractivity contribution in [1.29, 1.82) is 5.41 Å². The molecule has 224 valence electrons. The number of amides is 1. The van der Waals surface area contributed by atoms with Crippen LogP contribution in [0.4, 0.5) is 5.69 Å². The van der Waals surface area contributed by atoms with Crippen molar-refractivity contribution in [2.75, 3.05) is 20.3 Å². The van der Waals surface area contributed by atoms with Gasteiger partial charge in [0.15, 0.2) is 11.6 Å². The molecule has 0 bridgehead atoms. The molecule has 0 radical (unpaired) electrons. The Morgan fingerprint density at radius 3 is 2.50 bits per heavy atom. The van der Waals surface area contributed by atoms with Crippen LogP contribution in [0.3, 0.4) is 0 Å². The molecule has 2 heterocycles. The van der Waals surface area contributed by atoms with Gasteiger partial charge in [-0.3, -0.25) is 13.9 Å². The van der Waals surface area contributed by atoms with Gasteiger partial charge < -0.3 is 31.0 Å². The monoisotopic (exact) mass is 576 g/mol. The van der Waals surface area contributed by atoms with Crippen molar-refractivity contribution in [3.63, 3.8) is 0 Å². The fourth-order valence-electron chi connectivity index (χ4n) is 5.03. The second kappa shape index (κ2) is 14.2. The summed E-state index contributed by atoms with van der Waals surface area (Å²) in [5, 5.41) is 19.8. The van der Waals surface area contributed by atoms with Crippen LogP contribution in [-0.4, -0.2) is 46.6 Å². The molecule has 11 heteroatoms. The minimum absolute atomic E-state index is 0.0848. The van der Waals surface area contributed by atoms with Crippen LogP contribution >= 0.6 is 0 Å². The molecule has 1 aliphatic heterocycles. The number of carbonyl (C=O) groups excluding carboxylic acids is 1. The normalized spacial score (nSPS) is 16.2. The minimum Gasteiger partial charge on any atom is -0.512 e. The maximum absolute atomic E-state index is 14.0. The zero-order valence-electron chi connectivity index (χ0n) is 25.1. The molecule has 2 aromatic rings. The number of rotatable bonds is 10. The molecule has 1 amide bonds. The Balaban J connectivity index is 2.18. The van der Waals surface area contributed by atoms with Gasteiger partial charge >= 0.3 is 5.69 Å². The van der Waals surface area contributed by atoms with E-state index in [2.05, 4.69) is 5.32 Å². The van der Waals surface area contributed by atoms with Gasteiger partial charge in [-0.25, -0.2) is 9.79 Å². The zero-order valence-corrected chi connectivity index (χ0v) is 25.1. The van der Waals surface area contributed by atoms with Crippen LogP contribution in [0.15, 0.2) is 69.2 Å². The third kappa shape index (κ3) is 6.91. The highest BCUT2D eigenvalue weighted by Gasteiger charge is 2.22. The van der Waals surface area contributed by atoms with Gasteiger partial charge in [0.2, 0.25) is 0 Å². The Morgan fingerprint density at radius 1 is 1.24 bits per heavy atom. The average molecular weight is 577 g/mol. The first kappa shape index (κ1) is 31.7. The predicted octanol–water partition coefficient (Wildman–Crippen LogP) is 3.56. The summed E-state index contributed by atoms with van der Waals surface area (Å²) in [6, 6.07) is 5.96. The van der Waals surface area contributed by atoms with Crippen LogP contribution in [0.25, 0.3) is 5.57 Å². The summed E-state index contributed by atoms with van der Waals surface area (Å²) in [5.74, 6) is -0.413. The number of hydrogen-bond donors (Lipinski definition) is 4. The van der Waals surface area contributed by atoms with Crippen LogP contribution in [0.1, 0.15) is 42.7 Å². The maximum atomic E-state index is 14.0. The highest BCUT2D eigenvalue weighted by Crippen LogP contribution is 2.31. The number of fused-ring (bicyclic) bond motifs is 1. The fraction of sp³-hybridized carbons (Fsp3) is 0.355. The third-order valence-corrected chi connectivity index (χ3v) is 6.92. The Hall–Kier alpha value is -4.80. The first-order valence-corrected chi connectivity index (χ1v) is 13.7. The third-order valence-electron chi connectivity index (χ3n) is 6.92. The Morgan fingerprint density at radius 2 is 1.93 bits per heavy atom.